The number of hydrogen-bond acceptors (Lipinski definition) is 5. The first-order valence-corrected chi connectivity index (χ1v) is 9.67. The van der Waals surface area contributed by atoms with E-state index in [-0.39, 0.29) is 11.8 Å². The normalized spacial score (nSPS) is 14.9. The van der Waals surface area contributed by atoms with Gasteiger partial charge in [-0.15, -0.1) is 0 Å². The summed E-state index contributed by atoms with van der Waals surface area (Å²) in [5, 5.41) is 2.89. The minimum absolute atomic E-state index is 0.142. The minimum atomic E-state index is -0.234. The molecule has 8 heteroatoms. The van der Waals surface area contributed by atoms with E-state index >= 15 is 0 Å². The summed E-state index contributed by atoms with van der Waals surface area (Å²) in [6.07, 6.45) is 1.95. The zero-order valence-corrected chi connectivity index (χ0v) is 16.6. The van der Waals surface area contributed by atoms with Crippen molar-refractivity contribution in [3.63, 3.8) is 0 Å². The van der Waals surface area contributed by atoms with E-state index in [1.807, 2.05) is 36.1 Å². The van der Waals surface area contributed by atoms with Gasteiger partial charge in [-0.3, -0.25) is 9.59 Å². The molecule has 29 heavy (non-hydrogen) atoms. The van der Waals surface area contributed by atoms with Crippen molar-refractivity contribution in [3.8, 4) is 0 Å². The Morgan fingerprint density at radius 2 is 1.83 bits per heavy atom. The van der Waals surface area contributed by atoms with Gasteiger partial charge in [0.15, 0.2) is 5.65 Å². The Morgan fingerprint density at radius 3 is 2.55 bits per heavy atom. The molecular weight excluding hydrogens is 368 g/mol. The van der Waals surface area contributed by atoms with Crippen LogP contribution in [0.4, 0.5) is 5.69 Å². The first-order chi connectivity index (χ1) is 14.0. The molecule has 150 valence electrons. The number of H-pyrrole nitrogens is 1. The number of anilines is 1. The quantitative estimate of drug-likeness (QED) is 0.707. The number of imidazole rings is 1. The third-order valence-electron chi connectivity index (χ3n) is 5.18. The fourth-order valence-corrected chi connectivity index (χ4v) is 3.46. The topological polar surface area (TPSA) is 94.2 Å². The number of amides is 2. The number of pyridine rings is 1. The number of nitrogens with one attached hydrogen (secondary N) is 2. The summed E-state index contributed by atoms with van der Waals surface area (Å²) in [7, 11) is 2.07. The predicted molar refractivity (Wildman–Crippen MR) is 111 cm³/mol. The SMILES string of the molecule is Cc1nc2nccc(C(=O)Nc3ccc(CC(=O)N4CCN(C)CC4)cc3)c2[nH]1. The molecule has 2 aromatic heterocycles. The highest BCUT2D eigenvalue weighted by molar-refractivity contribution is 6.10. The number of aromatic amines is 1. The molecule has 3 aromatic rings. The number of aryl methyl sites for hydroxylation is 1. The van der Waals surface area contributed by atoms with E-state index in [2.05, 4.69) is 32.2 Å². The van der Waals surface area contributed by atoms with Crippen LogP contribution in [-0.2, 0) is 11.2 Å². The molecule has 2 amide bonds. The van der Waals surface area contributed by atoms with E-state index in [4.69, 9.17) is 0 Å². The van der Waals surface area contributed by atoms with E-state index in [9.17, 15) is 9.59 Å². The van der Waals surface area contributed by atoms with Crippen LogP contribution in [0.3, 0.4) is 0 Å². The van der Waals surface area contributed by atoms with Crippen LogP contribution in [0.1, 0.15) is 21.7 Å². The molecule has 1 aliphatic rings. The summed E-state index contributed by atoms with van der Waals surface area (Å²) in [6, 6.07) is 9.07. The number of hydrogen-bond donors (Lipinski definition) is 2. The lowest BCUT2D eigenvalue weighted by atomic mass is 10.1. The highest BCUT2D eigenvalue weighted by Gasteiger charge is 2.19. The standard InChI is InChI=1S/C21H24N6O2/c1-14-23-19-17(7-8-22-20(19)24-14)21(29)25-16-5-3-15(4-6-16)13-18(28)27-11-9-26(2)10-12-27/h3-8H,9-13H2,1-2H3,(H,25,29)(H,22,23,24). The number of fused-ring (bicyclic) bond motifs is 1. The van der Waals surface area contributed by atoms with Crippen LogP contribution in [0.15, 0.2) is 36.5 Å². The van der Waals surface area contributed by atoms with Gasteiger partial charge in [-0.1, -0.05) is 12.1 Å². The smallest absolute Gasteiger partial charge is 0.257 e. The second kappa shape index (κ2) is 8.00. The van der Waals surface area contributed by atoms with Crippen molar-refractivity contribution in [2.75, 3.05) is 38.5 Å². The zero-order valence-electron chi connectivity index (χ0n) is 16.6. The molecule has 1 fully saturated rings. The molecule has 1 aromatic carbocycles. The van der Waals surface area contributed by atoms with Crippen LogP contribution in [0, 0.1) is 6.92 Å². The van der Waals surface area contributed by atoms with Crippen LogP contribution in [0.2, 0.25) is 0 Å². The summed E-state index contributed by atoms with van der Waals surface area (Å²) in [6.45, 7) is 5.20. The third-order valence-corrected chi connectivity index (χ3v) is 5.18. The molecule has 3 heterocycles. The highest BCUT2D eigenvalue weighted by Crippen LogP contribution is 2.17. The van der Waals surface area contributed by atoms with Crippen LogP contribution in [0.5, 0.6) is 0 Å². The van der Waals surface area contributed by atoms with Crippen molar-refractivity contribution >= 4 is 28.7 Å². The van der Waals surface area contributed by atoms with Crippen LogP contribution in [-0.4, -0.2) is 69.8 Å². The second-order valence-electron chi connectivity index (χ2n) is 7.39. The molecule has 8 nitrogen and oxygen atoms in total. The predicted octanol–water partition coefficient (Wildman–Crippen LogP) is 1.84. The molecule has 0 bridgehead atoms. The number of aromatic nitrogens is 3. The van der Waals surface area contributed by atoms with Gasteiger partial charge in [0, 0.05) is 38.1 Å². The molecule has 0 aliphatic carbocycles. The number of rotatable bonds is 4. The average molecular weight is 392 g/mol. The molecule has 4 rings (SSSR count). The molecule has 1 aliphatic heterocycles. The molecule has 0 radical (unpaired) electrons. The first-order valence-electron chi connectivity index (χ1n) is 9.67. The number of nitrogens with zero attached hydrogens (tertiary/aromatic N) is 4. The second-order valence-corrected chi connectivity index (χ2v) is 7.39. The largest absolute Gasteiger partial charge is 0.340 e. The first kappa shape index (κ1) is 19.1. The number of piperazine rings is 1. The summed E-state index contributed by atoms with van der Waals surface area (Å²) in [5.74, 6) is 0.619. The molecule has 2 N–H and O–H groups in total. The van der Waals surface area contributed by atoms with Gasteiger partial charge in [-0.2, -0.15) is 0 Å². The summed E-state index contributed by atoms with van der Waals surface area (Å²) in [5.41, 5.74) is 3.24. The highest BCUT2D eigenvalue weighted by atomic mass is 16.2. The lowest BCUT2D eigenvalue weighted by Crippen LogP contribution is -2.47. The van der Waals surface area contributed by atoms with E-state index in [1.165, 1.54) is 0 Å². The van der Waals surface area contributed by atoms with E-state index in [0.29, 0.717) is 34.7 Å². The van der Waals surface area contributed by atoms with Gasteiger partial charge in [-0.05, 0) is 37.7 Å². The lowest BCUT2D eigenvalue weighted by molar-refractivity contribution is -0.132. The summed E-state index contributed by atoms with van der Waals surface area (Å²) < 4.78 is 0. The molecule has 0 unspecified atom stereocenters. The van der Waals surface area contributed by atoms with Crippen LogP contribution >= 0.6 is 0 Å². The molecule has 0 atom stereocenters. The fraction of sp³-hybridized carbons (Fsp3) is 0.333. The Balaban J connectivity index is 1.40. The lowest BCUT2D eigenvalue weighted by Gasteiger charge is -2.32. The van der Waals surface area contributed by atoms with Gasteiger partial charge in [0.1, 0.15) is 5.82 Å². The van der Waals surface area contributed by atoms with Crippen molar-refractivity contribution < 1.29 is 9.59 Å². The Labute approximate surface area is 168 Å². The number of carbonyl (C=O) groups is 2. The van der Waals surface area contributed by atoms with E-state index in [1.54, 1.807) is 12.3 Å². The van der Waals surface area contributed by atoms with E-state index in [0.717, 1.165) is 31.7 Å². The van der Waals surface area contributed by atoms with Gasteiger partial charge >= 0.3 is 0 Å². The maximum Gasteiger partial charge on any atom is 0.257 e. The van der Waals surface area contributed by atoms with Crippen molar-refractivity contribution in [3.05, 3.63) is 53.5 Å². The van der Waals surface area contributed by atoms with Gasteiger partial charge < -0.3 is 20.1 Å². The number of likely N-dealkylation sites (N-methyl/N-ethyl adjacent to an activating group) is 1. The van der Waals surface area contributed by atoms with Gasteiger partial charge in [0.25, 0.3) is 5.91 Å². The molecule has 1 saturated heterocycles. The fourth-order valence-electron chi connectivity index (χ4n) is 3.46. The third kappa shape index (κ3) is 4.27. The molecule has 0 spiro atoms. The monoisotopic (exact) mass is 392 g/mol. The Bertz CT molecular complexity index is 1040. The Morgan fingerprint density at radius 1 is 1.10 bits per heavy atom. The Hall–Kier alpha value is -3.26. The average Bonchev–Trinajstić information content (AvgIpc) is 3.10. The van der Waals surface area contributed by atoms with Gasteiger partial charge in [0.05, 0.1) is 17.5 Å². The zero-order chi connectivity index (χ0) is 20.4. The van der Waals surface area contributed by atoms with Crippen molar-refractivity contribution in [2.45, 2.75) is 13.3 Å². The molecular formula is C21H24N6O2. The van der Waals surface area contributed by atoms with Gasteiger partial charge in [-0.25, -0.2) is 9.97 Å². The Kier molecular flexibility index (Phi) is 5.26. The van der Waals surface area contributed by atoms with E-state index < -0.39 is 0 Å². The number of carbonyl (C=O) groups excluding carboxylic acids is 2. The van der Waals surface area contributed by atoms with Crippen LogP contribution in [0.25, 0.3) is 11.2 Å². The summed E-state index contributed by atoms with van der Waals surface area (Å²) >= 11 is 0. The number of benzene rings is 1. The summed E-state index contributed by atoms with van der Waals surface area (Å²) in [4.78, 5) is 40.8. The van der Waals surface area contributed by atoms with Crippen LogP contribution < -0.4 is 5.32 Å². The van der Waals surface area contributed by atoms with Crippen molar-refractivity contribution in [1.82, 2.24) is 24.8 Å². The van der Waals surface area contributed by atoms with Crippen molar-refractivity contribution in [1.29, 1.82) is 0 Å². The van der Waals surface area contributed by atoms with Crippen molar-refractivity contribution in [2.24, 2.45) is 0 Å². The minimum Gasteiger partial charge on any atom is -0.340 e. The van der Waals surface area contributed by atoms with Gasteiger partial charge in [0.2, 0.25) is 5.91 Å². The maximum absolute atomic E-state index is 12.7. The molecule has 0 saturated carbocycles. The maximum atomic E-state index is 12.7.